The van der Waals surface area contributed by atoms with Crippen LogP contribution in [0.25, 0.3) is 10.2 Å². The number of sulfonamides is 1. The zero-order valence-electron chi connectivity index (χ0n) is 14.7. The Kier molecular flexibility index (Phi) is 4.98. The van der Waals surface area contributed by atoms with Crippen molar-refractivity contribution in [2.24, 2.45) is 0 Å². The number of aromatic nitrogens is 2. The molecule has 0 bridgehead atoms. The van der Waals surface area contributed by atoms with Gasteiger partial charge in [0.2, 0.25) is 15.9 Å². The standard InChI is InChI=1S/C18H19N3O4S2/c1-24-13-2-4-15(5-3-13)27(22,23)21-9-6-14(7-10-21)25-18-17-16(8-11-26-17)19-12-20-18/h2-5,8,11-12,14H,6-7,9-10H2,1H3. The number of nitrogens with zero attached hydrogens (tertiary/aromatic N) is 3. The minimum absolute atomic E-state index is 0.0625. The van der Waals surface area contributed by atoms with Crippen LogP contribution in [0.1, 0.15) is 12.8 Å². The molecule has 1 fully saturated rings. The highest BCUT2D eigenvalue weighted by Crippen LogP contribution is 2.30. The number of ether oxygens (including phenoxy) is 2. The maximum atomic E-state index is 12.8. The molecule has 9 heteroatoms. The van der Waals surface area contributed by atoms with Crippen LogP contribution in [0.2, 0.25) is 0 Å². The molecule has 0 saturated carbocycles. The van der Waals surface area contributed by atoms with E-state index in [1.807, 2.05) is 11.4 Å². The van der Waals surface area contributed by atoms with Crippen molar-refractivity contribution < 1.29 is 17.9 Å². The summed E-state index contributed by atoms with van der Waals surface area (Å²) in [6.07, 6.45) is 2.67. The Balaban J connectivity index is 1.43. The Morgan fingerprint density at radius 2 is 1.85 bits per heavy atom. The molecule has 0 unspecified atom stereocenters. The largest absolute Gasteiger partial charge is 0.497 e. The van der Waals surface area contributed by atoms with Gasteiger partial charge in [-0.25, -0.2) is 18.4 Å². The van der Waals surface area contributed by atoms with Crippen molar-refractivity contribution >= 4 is 31.6 Å². The molecular weight excluding hydrogens is 386 g/mol. The quantitative estimate of drug-likeness (QED) is 0.649. The molecule has 3 aromatic rings. The Bertz CT molecular complexity index is 1030. The Hall–Kier alpha value is -2.23. The lowest BCUT2D eigenvalue weighted by Gasteiger charge is -2.31. The van der Waals surface area contributed by atoms with Crippen molar-refractivity contribution in [3.63, 3.8) is 0 Å². The van der Waals surface area contributed by atoms with Crippen LogP contribution >= 0.6 is 11.3 Å². The average molecular weight is 406 g/mol. The zero-order chi connectivity index (χ0) is 18.9. The van der Waals surface area contributed by atoms with E-state index in [9.17, 15) is 8.42 Å². The Morgan fingerprint density at radius 3 is 2.56 bits per heavy atom. The zero-order valence-corrected chi connectivity index (χ0v) is 16.4. The van der Waals surface area contributed by atoms with Crippen molar-refractivity contribution in [1.29, 1.82) is 0 Å². The third-order valence-electron chi connectivity index (χ3n) is 4.59. The molecule has 0 amide bonds. The highest BCUT2D eigenvalue weighted by Gasteiger charge is 2.30. The van der Waals surface area contributed by atoms with Gasteiger partial charge in [-0.3, -0.25) is 0 Å². The first kappa shape index (κ1) is 18.1. The molecule has 1 saturated heterocycles. The van der Waals surface area contributed by atoms with Gasteiger partial charge in [-0.2, -0.15) is 4.31 Å². The van der Waals surface area contributed by atoms with Crippen LogP contribution in [0.3, 0.4) is 0 Å². The number of hydrogen-bond donors (Lipinski definition) is 0. The summed E-state index contributed by atoms with van der Waals surface area (Å²) < 4.78 is 39.2. The molecule has 142 valence electrons. The van der Waals surface area contributed by atoms with Gasteiger partial charge in [-0.1, -0.05) is 0 Å². The second-order valence-corrected chi connectivity index (χ2v) is 9.06. The summed E-state index contributed by atoms with van der Waals surface area (Å²) in [5.74, 6) is 1.21. The van der Waals surface area contributed by atoms with E-state index in [1.54, 1.807) is 42.7 Å². The van der Waals surface area contributed by atoms with Gasteiger partial charge in [0.15, 0.2) is 0 Å². The number of benzene rings is 1. The predicted molar refractivity (Wildman–Crippen MR) is 103 cm³/mol. The topological polar surface area (TPSA) is 81.6 Å². The van der Waals surface area contributed by atoms with Gasteiger partial charge in [0.1, 0.15) is 22.9 Å². The first-order chi connectivity index (χ1) is 13.1. The van der Waals surface area contributed by atoms with Crippen LogP contribution in [-0.4, -0.2) is 49.0 Å². The molecule has 1 aromatic carbocycles. The highest BCUT2D eigenvalue weighted by molar-refractivity contribution is 7.89. The average Bonchev–Trinajstić information content (AvgIpc) is 3.18. The minimum atomic E-state index is -3.51. The number of piperidine rings is 1. The summed E-state index contributed by atoms with van der Waals surface area (Å²) in [5, 5.41) is 1.95. The van der Waals surface area contributed by atoms with E-state index in [4.69, 9.17) is 9.47 Å². The molecule has 0 aliphatic carbocycles. The summed E-state index contributed by atoms with van der Waals surface area (Å²) in [4.78, 5) is 8.72. The van der Waals surface area contributed by atoms with Crippen LogP contribution < -0.4 is 9.47 Å². The van der Waals surface area contributed by atoms with Crippen LogP contribution in [0.15, 0.2) is 46.9 Å². The molecule has 0 atom stereocenters. The maximum absolute atomic E-state index is 12.8. The van der Waals surface area contributed by atoms with Crippen molar-refractivity contribution in [3.8, 4) is 11.6 Å². The molecule has 0 N–H and O–H groups in total. The predicted octanol–water partition coefficient (Wildman–Crippen LogP) is 2.93. The molecule has 4 rings (SSSR count). The van der Waals surface area contributed by atoms with Crippen molar-refractivity contribution in [1.82, 2.24) is 14.3 Å². The van der Waals surface area contributed by atoms with E-state index >= 15 is 0 Å². The highest BCUT2D eigenvalue weighted by atomic mass is 32.2. The van der Waals surface area contributed by atoms with Crippen LogP contribution in [0, 0.1) is 0 Å². The smallest absolute Gasteiger partial charge is 0.243 e. The molecule has 0 radical (unpaired) electrons. The molecular formula is C18H19N3O4S2. The van der Waals surface area contributed by atoms with E-state index < -0.39 is 10.0 Å². The number of rotatable bonds is 5. The first-order valence-electron chi connectivity index (χ1n) is 8.57. The van der Waals surface area contributed by atoms with E-state index in [0.29, 0.717) is 37.6 Å². The third kappa shape index (κ3) is 3.62. The van der Waals surface area contributed by atoms with Gasteiger partial charge >= 0.3 is 0 Å². The number of methoxy groups -OCH3 is 1. The summed E-state index contributed by atoms with van der Waals surface area (Å²) in [6.45, 7) is 0.829. The summed E-state index contributed by atoms with van der Waals surface area (Å²) in [6, 6.07) is 8.39. The first-order valence-corrected chi connectivity index (χ1v) is 10.9. The van der Waals surface area contributed by atoms with Gasteiger partial charge in [-0.05, 0) is 48.6 Å². The second-order valence-electron chi connectivity index (χ2n) is 6.21. The maximum Gasteiger partial charge on any atom is 0.243 e. The van der Waals surface area contributed by atoms with Gasteiger partial charge in [0.05, 0.1) is 17.5 Å². The molecule has 0 spiro atoms. The van der Waals surface area contributed by atoms with E-state index in [-0.39, 0.29) is 11.0 Å². The normalized spacial score (nSPS) is 16.5. The van der Waals surface area contributed by atoms with Gasteiger partial charge in [0.25, 0.3) is 0 Å². The molecule has 3 heterocycles. The lowest BCUT2D eigenvalue weighted by atomic mass is 10.1. The van der Waals surface area contributed by atoms with E-state index in [1.165, 1.54) is 10.6 Å². The Labute approximate surface area is 161 Å². The Morgan fingerprint density at radius 1 is 1.11 bits per heavy atom. The number of hydrogen-bond acceptors (Lipinski definition) is 7. The molecule has 27 heavy (non-hydrogen) atoms. The van der Waals surface area contributed by atoms with Crippen molar-refractivity contribution in [2.45, 2.75) is 23.8 Å². The lowest BCUT2D eigenvalue weighted by Crippen LogP contribution is -2.41. The fourth-order valence-corrected chi connectivity index (χ4v) is 5.34. The minimum Gasteiger partial charge on any atom is -0.497 e. The third-order valence-corrected chi connectivity index (χ3v) is 7.39. The number of thiophene rings is 1. The van der Waals surface area contributed by atoms with Crippen LogP contribution in [-0.2, 0) is 10.0 Å². The van der Waals surface area contributed by atoms with Crippen molar-refractivity contribution in [3.05, 3.63) is 42.0 Å². The van der Waals surface area contributed by atoms with E-state index in [2.05, 4.69) is 9.97 Å². The van der Waals surface area contributed by atoms with Crippen LogP contribution in [0.4, 0.5) is 0 Å². The SMILES string of the molecule is COc1ccc(S(=O)(=O)N2CCC(Oc3ncnc4ccsc34)CC2)cc1. The number of fused-ring (bicyclic) bond motifs is 1. The molecule has 1 aliphatic heterocycles. The van der Waals surface area contributed by atoms with Gasteiger partial charge in [-0.15, -0.1) is 11.3 Å². The fourth-order valence-electron chi connectivity index (χ4n) is 3.10. The summed E-state index contributed by atoms with van der Waals surface area (Å²) in [5.41, 5.74) is 0.865. The molecule has 7 nitrogen and oxygen atoms in total. The second kappa shape index (κ2) is 7.41. The van der Waals surface area contributed by atoms with Gasteiger partial charge < -0.3 is 9.47 Å². The summed E-state index contributed by atoms with van der Waals surface area (Å²) >= 11 is 1.54. The van der Waals surface area contributed by atoms with E-state index in [0.717, 1.165) is 10.2 Å². The molecule has 1 aliphatic rings. The molecule has 2 aromatic heterocycles. The lowest BCUT2D eigenvalue weighted by molar-refractivity contribution is 0.132. The van der Waals surface area contributed by atoms with Gasteiger partial charge in [0, 0.05) is 13.1 Å². The summed E-state index contributed by atoms with van der Waals surface area (Å²) in [7, 11) is -1.96. The van der Waals surface area contributed by atoms with Crippen molar-refractivity contribution in [2.75, 3.05) is 20.2 Å². The fraction of sp³-hybridized carbons (Fsp3) is 0.333. The van der Waals surface area contributed by atoms with Crippen LogP contribution in [0.5, 0.6) is 11.6 Å². The monoisotopic (exact) mass is 405 g/mol.